The van der Waals surface area contributed by atoms with E-state index in [0.29, 0.717) is 0 Å². The average molecular weight is 520 g/mol. The van der Waals surface area contributed by atoms with E-state index < -0.39 is 0 Å². The van der Waals surface area contributed by atoms with Crippen LogP contribution in [0.15, 0.2) is 108 Å². The van der Waals surface area contributed by atoms with Crippen molar-refractivity contribution in [2.45, 2.75) is 0 Å². The Morgan fingerprint density at radius 3 is 2.21 bits per heavy atom. The molecule has 2 aromatic heterocycles. The van der Waals surface area contributed by atoms with Gasteiger partial charge in [0.25, 0.3) is 0 Å². The number of rotatable bonds is 2. The molecule has 0 bridgehead atoms. The lowest BCUT2D eigenvalue weighted by atomic mass is 10.0. The summed E-state index contributed by atoms with van der Waals surface area (Å²) in [6.45, 7) is 0. The van der Waals surface area contributed by atoms with Gasteiger partial charge in [0.15, 0.2) is 0 Å². The predicted molar refractivity (Wildman–Crippen MR) is 148 cm³/mol. The smallest absolute Gasteiger partial charge is 0.140 e. The Morgan fingerprint density at radius 2 is 1.35 bits per heavy atom. The summed E-state index contributed by atoms with van der Waals surface area (Å²) in [4.78, 5) is 0. The molecule has 0 saturated carbocycles. The lowest BCUT2D eigenvalue weighted by Crippen LogP contribution is -1.93. The zero-order chi connectivity index (χ0) is 22.8. The van der Waals surface area contributed by atoms with E-state index in [1.54, 1.807) is 11.3 Å². The molecule has 0 radical (unpaired) electrons. The molecule has 0 unspecified atom stereocenters. The summed E-state index contributed by atoms with van der Waals surface area (Å²) in [5.41, 5.74) is 5.03. The summed E-state index contributed by atoms with van der Waals surface area (Å²) < 4.78 is 5.73. The number of fused-ring (bicyclic) bond motifs is 6. The number of nitrogens with zero attached hydrogens (tertiary/aromatic N) is 1. The second kappa shape index (κ2) is 7.45. The van der Waals surface area contributed by atoms with Gasteiger partial charge in [-0.2, -0.15) is 0 Å². The summed E-state index contributed by atoms with van der Waals surface area (Å²) in [7, 11) is 0. The fourth-order valence-electron chi connectivity index (χ4n) is 5.06. The first-order valence-electron chi connectivity index (χ1n) is 11.1. The predicted octanol–water partition coefficient (Wildman–Crippen LogP) is 9.29. The molecule has 0 amide bonds. The van der Waals surface area contributed by atoms with Crippen LogP contribution >= 0.6 is 27.3 Å². The number of para-hydroxylation sites is 2. The minimum Gasteiger partial charge on any atom is -0.506 e. The summed E-state index contributed by atoms with van der Waals surface area (Å²) in [5.74, 6) is 0.278. The van der Waals surface area contributed by atoms with Crippen LogP contribution in [-0.2, 0) is 0 Å². The summed E-state index contributed by atoms with van der Waals surface area (Å²) in [6, 6.07) is 35.6. The highest BCUT2D eigenvalue weighted by Gasteiger charge is 2.18. The largest absolute Gasteiger partial charge is 0.506 e. The minimum atomic E-state index is 0.278. The number of hydrogen-bond acceptors (Lipinski definition) is 2. The Labute approximate surface area is 208 Å². The summed E-state index contributed by atoms with van der Waals surface area (Å²) in [6.07, 6.45) is 0. The standard InChI is InChI=1S/C30H18BrNOS/c31-24-15-19(17-28-29(24)22-11-5-7-13-27(22)34-28)18-14-23-21-10-4-6-12-25(21)32(30(23)26(33)16-18)20-8-2-1-3-9-20/h1-17,33H. The Bertz CT molecular complexity index is 1880. The maximum absolute atomic E-state index is 11.3. The number of thiophene rings is 1. The number of phenolic OH excluding ortho intramolecular Hbond substituents is 1. The molecular weight excluding hydrogens is 502 g/mol. The van der Waals surface area contributed by atoms with Crippen LogP contribution in [0.2, 0.25) is 0 Å². The first-order valence-corrected chi connectivity index (χ1v) is 12.7. The molecule has 0 spiro atoms. The molecule has 162 valence electrons. The monoisotopic (exact) mass is 519 g/mol. The molecule has 0 aliphatic heterocycles. The van der Waals surface area contributed by atoms with E-state index in [9.17, 15) is 5.11 Å². The Hall–Kier alpha value is -3.60. The van der Waals surface area contributed by atoms with Crippen LogP contribution in [0.5, 0.6) is 5.75 Å². The number of aromatic nitrogens is 1. The number of aromatic hydroxyl groups is 1. The van der Waals surface area contributed by atoms with Gasteiger partial charge in [-0.1, -0.05) is 70.5 Å². The van der Waals surface area contributed by atoms with Crippen molar-refractivity contribution in [3.8, 4) is 22.6 Å². The van der Waals surface area contributed by atoms with Crippen molar-refractivity contribution in [1.29, 1.82) is 0 Å². The normalized spacial score (nSPS) is 11.8. The van der Waals surface area contributed by atoms with E-state index in [1.807, 2.05) is 30.3 Å². The van der Waals surface area contributed by atoms with Gasteiger partial charge >= 0.3 is 0 Å². The van der Waals surface area contributed by atoms with Crippen LogP contribution in [0.4, 0.5) is 0 Å². The number of hydrogen-bond donors (Lipinski definition) is 1. The topological polar surface area (TPSA) is 25.2 Å². The summed E-state index contributed by atoms with van der Waals surface area (Å²) >= 11 is 5.63. The van der Waals surface area contributed by atoms with Crippen LogP contribution in [0, 0.1) is 0 Å². The van der Waals surface area contributed by atoms with Gasteiger partial charge in [-0.05, 0) is 59.7 Å². The van der Waals surface area contributed by atoms with Crippen LogP contribution in [0.25, 0.3) is 58.8 Å². The third kappa shape index (κ3) is 2.86. The van der Waals surface area contributed by atoms with Gasteiger partial charge < -0.3 is 9.67 Å². The molecule has 7 aromatic rings. The molecule has 0 saturated heterocycles. The highest BCUT2D eigenvalue weighted by molar-refractivity contribution is 9.10. The third-order valence-electron chi connectivity index (χ3n) is 6.53. The molecule has 34 heavy (non-hydrogen) atoms. The lowest BCUT2D eigenvalue weighted by Gasteiger charge is -2.10. The Balaban J connectivity index is 1.52. The molecule has 0 fully saturated rings. The van der Waals surface area contributed by atoms with Gasteiger partial charge in [-0.25, -0.2) is 0 Å². The first kappa shape index (κ1) is 19.8. The van der Waals surface area contributed by atoms with E-state index in [4.69, 9.17) is 0 Å². The van der Waals surface area contributed by atoms with Gasteiger partial charge in [0.2, 0.25) is 0 Å². The maximum atomic E-state index is 11.3. The van der Waals surface area contributed by atoms with Crippen molar-refractivity contribution in [3.05, 3.63) is 108 Å². The van der Waals surface area contributed by atoms with Gasteiger partial charge in [0.1, 0.15) is 5.75 Å². The van der Waals surface area contributed by atoms with Crippen molar-refractivity contribution >= 4 is 69.2 Å². The minimum absolute atomic E-state index is 0.278. The van der Waals surface area contributed by atoms with E-state index in [2.05, 4.69) is 93.3 Å². The first-order chi connectivity index (χ1) is 16.7. The third-order valence-corrected chi connectivity index (χ3v) is 8.27. The zero-order valence-corrected chi connectivity index (χ0v) is 20.4. The van der Waals surface area contributed by atoms with Gasteiger partial charge in [0, 0.05) is 41.1 Å². The second-order valence-corrected chi connectivity index (χ2v) is 10.4. The molecule has 2 nitrogen and oxygen atoms in total. The fraction of sp³-hybridized carbons (Fsp3) is 0. The van der Waals surface area contributed by atoms with Crippen molar-refractivity contribution in [2.75, 3.05) is 0 Å². The maximum Gasteiger partial charge on any atom is 0.140 e. The van der Waals surface area contributed by atoms with Crippen molar-refractivity contribution in [1.82, 2.24) is 4.57 Å². The number of halogens is 1. The van der Waals surface area contributed by atoms with Crippen LogP contribution in [-0.4, -0.2) is 9.67 Å². The number of phenols is 1. The highest BCUT2D eigenvalue weighted by Crippen LogP contribution is 2.44. The fourth-order valence-corrected chi connectivity index (χ4v) is 7.04. The highest BCUT2D eigenvalue weighted by atomic mass is 79.9. The van der Waals surface area contributed by atoms with E-state index in [1.165, 1.54) is 20.2 Å². The molecule has 7 rings (SSSR count). The number of benzene rings is 5. The van der Waals surface area contributed by atoms with Gasteiger partial charge in [0.05, 0.1) is 11.0 Å². The summed E-state index contributed by atoms with van der Waals surface area (Å²) in [5, 5.41) is 16.0. The van der Waals surface area contributed by atoms with E-state index in [-0.39, 0.29) is 5.75 Å². The molecule has 0 aliphatic carbocycles. The van der Waals surface area contributed by atoms with Crippen molar-refractivity contribution in [3.63, 3.8) is 0 Å². The van der Waals surface area contributed by atoms with E-state index in [0.717, 1.165) is 43.1 Å². The van der Waals surface area contributed by atoms with Crippen LogP contribution < -0.4 is 0 Å². The molecule has 0 aliphatic rings. The zero-order valence-electron chi connectivity index (χ0n) is 18.0. The average Bonchev–Trinajstić information content (AvgIpc) is 3.41. The quantitative estimate of drug-likeness (QED) is 0.241. The van der Waals surface area contributed by atoms with Crippen LogP contribution in [0.3, 0.4) is 0 Å². The Kier molecular flexibility index (Phi) is 4.35. The molecular formula is C30H18BrNOS. The molecule has 4 heteroatoms. The van der Waals surface area contributed by atoms with Crippen molar-refractivity contribution < 1.29 is 5.11 Å². The van der Waals surface area contributed by atoms with Crippen molar-refractivity contribution in [2.24, 2.45) is 0 Å². The molecule has 2 heterocycles. The SMILES string of the molecule is Oc1cc(-c2cc(Br)c3c(c2)sc2ccccc23)cc2c3ccccc3n(-c3ccccc3)c12. The molecule has 5 aromatic carbocycles. The molecule has 1 N–H and O–H groups in total. The van der Waals surface area contributed by atoms with E-state index >= 15 is 0 Å². The van der Waals surface area contributed by atoms with Gasteiger partial charge in [-0.15, -0.1) is 11.3 Å². The van der Waals surface area contributed by atoms with Gasteiger partial charge in [-0.3, -0.25) is 0 Å². The lowest BCUT2D eigenvalue weighted by molar-refractivity contribution is 0.480. The van der Waals surface area contributed by atoms with Crippen LogP contribution in [0.1, 0.15) is 0 Å². The second-order valence-electron chi connectivity index (χ2n) is 8.51. The Morgan fingerprint density at radius 1 is 0.647 bits per heavy atom. The molecule has 0 atom stereocenters.